The van der Waals surface area contributed by atoms with Crippen LogP contribution in [-0.4, -0.2) is 26.7 Å². The molecular weight excluding hydrogens is 350 g/mol. The van der Waals surface area contributed by atoms with Gasteiger partial charge >= 0.3 is 0 Å². The molecule has 0 unspecified atom stereocenters. The maximum absolute atomic E-state index is 12.2. The van der Waals surface area contributed by atoms with Crippen molar-refractivity contribution in [1.29, 1.82) is 0 Å². The summed E-state index contributed by atoms with van der Waals surface area (Å²) in [6, 6.07) is 1.72. The van der Waals surface area contributed by atoms with Crippen LogP contribution in [0.25, 0.3) is 0 Å². The van der Waals surface area contributed by atoms with Crippen molar-refractivity contribution in [3.8, 4) is 0 Å². The van der Waals surface area contributed by atoms with Gasteiger partial charge in [-0.2, -0.15) is 0 Å². The summed E-state index contributed by atoms with van der Waals surface area (Å²) in [5.74, 6) is 0. The number of aliphatic hydroxyl groups excluding tert-OH is 1. The molecule has 108 valence electrons. The normalized spacial score (nSPS) is 19.5. The average molecular weight is 368 g/mol. The first-order valence-electron chi connectivity index (χ1n) is 6.33. The van der Waals surface area contributed by atoms with Crippen molar-refractivity contribution in [1.82, 2.24) is 4.72 Å². The maximum Gasteiger partial charge on any atom is 0.251 e. The Bertz CT molecular complexity index is 521. The van der Waals surface area contributed by atoms with Gasteiger partial charge in [-0.15, -0.1) is 11.3 Å². The van der Waals surface area contributed by atoms with Crippen molar-refractivity contribution < 1.29 is 13.5 Å². The number of nitrogens with one attached hydrogen (secondary N) is 1. The molecule has 1 aliphatic carbocycles. The third-order valence-corrected chi connectivity index (χ3v) is 7.79. The van der Waals surface area contributed by atoms with Crippen molar-refractivity contribution in [2.24, 2.45) is 5.41 Å². The molecule has 1 aromatic rings. The Labute approximate surface area is 126 Å². The van der Waals surface area contributed by atoms with E-state index in [4.69, 9.17) is 0 Å². The lowest BCUT2D eigenvalue weighted by molar-refractivity contribution is 0.0867. The molecule has 0 aliphatic heterocycles. The van der Waals surface area contributed by atoms with Crippen LogP contribution in [0.3, 0.4) is 0 Å². The predicted octanol–water partition coefficient (Wildman–Crippen LogP) is 2.73. The van der Waals surface area contributed by atoms with E-state index >= 15 is 0 Å². The van der Waals surface area contributed by atoms with E-state index in [1.54, 1.807) is 11.4 Å². The van der Waals surface area contributed by atoms with Crippen LogP contribution in [0, 0.1) is 5.41 Å². The van der Waals surface area contributed by atoms with Crippen LogP contribution in [0.1, 0.15) is 32.1 Å². The van der Waals surface area contributed by atoms with Crippen LogP contribution >= 0.6 is 27.3 Å². The Kier molecular flexibility index (Phi) is 5.05. The summed E-state index contributed by atoms with van der Waals surface area (Å²) in [6.07, 6.45) is 5.07. The van der Waals surface area contributed by atoms with Crippen LogP contribution in [0.2, 0.25) is 0 Å². The van der Waals surface area contributed by atoms with Crippen LogP contribution in [0.4, 0.5) is 0 Å². The first kappa shape index (κ1) is 15.4. The average Bonchev–Trinajstić information content (AvgIpc) is 2.85. The van der Waals surface area contributed by atoms with E-state index in [0.717, 1.165) is 25.7 Å². The Morgan fingerprint density at radius 1 is 1.37 bits per heavy atom. The van der Waals surface area contributed by atoms with Crippen LogP contribution < -0.4 is 4.72 Å². The molecule has 2 N–H and O–H groups in total. The minimum atomic E-state index is -3.48. The fraction of sp³-hybridized carbons (Fsp3) is 0.667. The van der Waals surface area contributed by atoms with Crippen LogP contribution in [0.5, 0.6) is 0 Å². The molecule has 0 spiro atoms. The van der Waals surface area contributed by atoms with Crippen molar-refractivity contribution in [3.05, 3.63) is 15.9 Å². The monoisotopic (exact) mass is 367 g/mol. The Balaban J connectivity index is 2.07. The van der Waals surface area contributed by atoms with Gasteiger partial charge in [0, 0.05) is 23.0 Å². The first-order chi connectivity index (χ1) is 8.99. The van der Waals surface area contributed by atoms with E-state index in [0.29, 0.717) is 15.2 Å². The molecule has 0 amide bonds. The van der Waals surface area contributed by atoms with Gasteiger partial charge in [0.1, 0.15) is 4.21 Å². The molecular formula is C12H18BrNO3S2. The summed E-state index contributed by atoms with van der Waals surface area (Å²) >= 11 is 4.43. The fourth-order valence-corrected chi connectivity index (χ4v) is 6.02. The van der Waals surface area contributed by atoms with Crippen LogP contribution in [-0.2, 0) is 10.0 Å². The summed E-state index contributed by atoms with van der Waals surface area (Å²) in [5.41, 5.74) is -0.283. The smallest absolute Gasteiger partial charge is 0.251 e. The summed E-state index contributed by atoms with van der Waals surface area (Å²) in [5, 5.41) is 11.3. The summed E-state index contributed by atoms with van der Waals surface area (Å²) in [6.45, 7) is 0.358. The van der Waals surface area contributed by atoms with E-state index in [-0.39, 0.29) is 12.0 Å². The molecule has 1 aromatic heterocycles. The lowest BCUT2D eigenvalue weighted by atomic mass is 9.75. The zero-order valence-electron chi connectivity index (χ0n) is 10.6. The second kappa shape index (κ2) is 6.22. The van der Waals surface area contributed by atoms with Gasteiger partial charge in [-0.05, 0) is 40.2 Å². The molecule has 2 rings (SSSR count). The molecule has 1 fully saturated rings. The molecule has 0 saturated heterocycles. The van der Waals surface area contributed by atoms with Gasteiger partial charge in [0.05, 0.1) is 0 Å². The van der Waals surface area contributed by atoms with Gasteiger partial charge in [0.25, 0.3) is 10.0 Å². The van der Waals surface area contributed by atoms with Crippen molar-refractivity contribution in [3.63, 3.8) is 0 Å². The predicted molar refractivity (Wildman–Crippen MR) is 79.8 cm³/mol. The summed E-state index contributed by atoms with van der Waals surface area (Å²) in [4.78, 5) is 0. The van der Waals surface area contributed by atoms with E-state index < -0.39 is 10.0 Å². The van der Waals surface area contributed by atoms with Crippen LogP contribution in [0.15, 0.2) is 20.1 Å². The minimum absolute atomic E-state index is 0.0428. The van der Waals surface area contributed by atoms with Gasteiger partial charge in [0.15, 0.2) is 0 Å². The lowest BCUT2D eigenvalue weighted by Crippen LogP contribution is -2.41. The Morgan fingerprint density at radius 2 is 2.05 bits per heavy atom. The number of hydrogen-bond donors (Lipinski definition) is 2. The third kappa shape index (κ3) is 3.58. The number of sulfonamides is 1. The molecule has 1 heterocycles. The van der Waals surface area contributed by atoms with E-state index in [9.17, 15) is 13.5 Å². The zero-order chi connectivity index (χ0) is 13.9. The van der Waals surface area contributed by atoms with Gasteiger partial charge in [-0.1, -0.05) is 19.3 Å². The third-order valence-electron chi connectivity index (χ3n) is 3.72. The number of rotatable bonds is 5. The zero-order valence-corrected chi connectivity index (χ0v) is 13.8. The Hall–Kier alpha value is 0.0500. The Morgan fingerprint density at radius 3 is 2.58 bits per heavy atom. The second-order valence-corrected chi connectivity index (χ2v) is 8.83. The topological polar surface area (TPSA) is 66.4 Å². The molecule has 0 radical (unpaired) electrons. The highest BCUT2D eigenvalue weighted by Gasteiger charge is 2.33. The lowest BCUT2D eigenvalue weighted by Gasteiger charge is -2.35. The van der Waals surface area contributed by atoms with Gasteiger partial charge in [-0.3, -0.25) is 0 Å². The molecule has 0 aromatic carbocycles. The number of halogens is 1. The summed E-state index contributed by atoms with van der Waals surface area (Å²) < 4.78 is 28.0. The first-order valence-corrected chi connectivity index (χ1v) is 9.48. The van der Waals surface area contributed by atoms with Crippen molar-refractivity contribution >= 4 is 37.3 Å². The summed E-state index contributed by atoms with van der Waals surface area (Å²) in [7, 11) is -3.48. The number of thiophene rings is 1. The highest BCUT2D eigenvalue weighted by atomic mass is 79.9. The molecule has 0 atom stereocenters. The molecule has 0 bridgehead atoms. The van der Waals surface area contributed by atoms with Gasteiger partial charge in [-0.25, -0.2) is 13.1 Å². The highest BCUT2D eigenvalue weighted by Crippen LogP contribution is 2.36. The molecule has 1 saturated carbocycles. The standard InChI is InChI=1S/C12H18BrNO3S2/c13-10-4-7-18-11(10)19(16,17)14-8-12(9-15)5-2-1-3-6-12/h4,7,14-15H,1-3,5-6,8-9H2. The molecule has 7 heteroatoms. The van der Waals surface area contributed by atoms with E-state index in [2.05, 4.69) is 20.7 Å². The SMILES string of the molecule is O=S(=O)(NCC1(CO)CCCCC1)c1sccc1Br. The number of aliphatic hydroxyl groups is 1. The highest BCUT2D eigenvalue weighted by molar-refractivity contribution is 9.10. The van der Waals surface area contributed by atoms with Crippen molar-refractivity contribution in [2.45, 2.75) is 36.3 Å². The largest absolute Gasteiger partial charge is 0.396 e. The fourth-order valence-electron chi connectivity index (χ4n) is 2.48. The molecule has 4 nitrogen and oxygen atoms in total. The van der Waals surface area contributed by atoms with Gasteiger partial charge < -0.3 is 5.11 Å². The number of hydrogen-bond acceptors (Lipinski definition) is 4. The van der Waals surface area contributed by atoms with Crippen molar-refractivity contribution in [2.75, 3.05) is 13.2 Å². The molecule has 1 aliphatic rings. The second-order valence-electron chi connectivity index (χ2n) is 5.10. The van der Waals surface area contributed by atoms with Gasteiger partial charge in [0.2, 0.25) is 0 Å². The quantitative estimate of drug-likeness (QED) is 0.840. The van der Waals surface area contributed by atoms with E-state index in [1.807, 2.05) is 0 Å². The minimum Gasteiger partial charge on any atom is -0.396 e. The van der Waals surface area contributed by atoms with E-state index in [1.165, 1.54) is 17.8 Å². The maximum atomic E-state index is 12.2. The molecule has 19 heavy (non-hydrogen) atoms.